The molecule has 35 heavy (non-hydrogen) atoms. The number of thiazole rings is 1. The van der Waals surface area contributed by atoms with E-state index in [1.165, 1.54) is 31.5 Å². The van der Waals surface area contributed by atoms with E-state index >= 15 is 0 Å². The predicted molar refractivity (Wildman–Crippen MR) is 150 cm³/mol. The van der Waals surface area contributed by atoms with Crippen LogP contribution in [-0.4, -0.2) is 4.98 Å². The summed E-state index contributed by atoms with van der Waals surface area (Å²) in [7, 11) is -2.19. The van der Waals surface area contributed by atoms with Crippen LogP contribution >= 0.6 is 18.6 Å². The van der Waals surface area contributed by atoms with Crippen LogP contribution in [0.3, 0.4) is 0 Å². The van der Waals surface area contributed by atoms with Gasteiger partial charge in [0, 0.05) is 0 Å². The maximum Gasteiger partial charge on any atom is 0.145 e. The van der Waals surface area contributed by atoms with E-state index in [9.17, 15) is 0 Å². The largest absolute Gasteiger partial charge is 1.00 e. The highest BCUT2D eigenvalue weighted by Gasteiger charge is 2.49. The maximum atomic E-state index is 5.07. The Hall–Kier alpha value is -3.10. The second-order valence-electron chi connectivity index (χ2n) is 8.18. The summed E-state index contributed by atoms with van der Waals surface area (Å²) in [5.41, 5.74) is 2.27. The fourth-order valence-electron chi connectivity index (χ4n) is 4.75. The molecule has 0 fully saturated rings. The maximum absolute atomic E-state index is 5.07. The summed E-state index contributed by atoms with van der Waals surface area (Å²) < 4.78 is 1.22. The van der Waals surface area contributed by atoms with Gasteiger partial charge in [0.25, 0.3) is 0 Å². The molecule has 6 rings (SSSR count). The molecule has 1 nitrogen and oxygen atoms in total. The third-order valence-corrected chi connectivity index (χ3v) is 11.6. The van der Waals surface area contributed by atoms with Crippen molar-refractivity contribution >= 4 is 50.0 Å². The van der Waals surface area contributed by atoms with Gasteiger partial charge in [-0.2, -0.15) is 0 Å². The molecule has 0 spiro atoms. The SMILES string of the molecule is [Br-].c1ccc([P+](c2ccccc2)(c2ccccc2)c2ccccc2-c2nc3ccccc3s2)cc1. The molecule has 0 atom stereocenters. The first-order valence-corrected chi connectivity index (χ1v) is 14.0. The number of halogens is 1. The zero-order chi connectivity index (χ0) is 22.8. The van der Waals surface area contributed by atoms with Gasteiger partial charge < -0.3 is 17.0 Å². The average Bonchev–Trinajstić information content (AvgIpc) is 3.36. The number of benzene rings is 5. The van der Waals surface area contributed by atoms with Crippen LogP contribution in [-0.2, 0) is 0 Å². The molecule has 0 N–H and O–H groups in total. The fraction of sp³-hybridized carbons (Fsp3) is 0. The summed E-state index contributed by atoms with van der Waals surface area (Å²) >= 11 is 1.77. The van der Waals surface area contributed by atoms with Gasteiger partial charge in [-0.3, -0.25) is 0 Å². The Labute approximate surface area is 221 Å². The molecule has 0 saturated heterocycles. The van der Waals surface area contributed by atoms with Crippen molar-refractivity contribution in [2.75, 3.05) is 0 Å². The van der Waals surface area contributed by atoms with Crippen LogP contribution in [0.15, 0.2) is 140 Å². The molecule has 1 heterocycles. The molecule has 0 aliphatic heterocycles. The van der Waals surface area contributed by atoms with Crippen molar-refractivity contribution in [1.82, 2.24) is 4.98 Å². The Morgan fingerprint density at radius 3 is 1.49 bits per heavy atom. The Morgan fingerprint density at radius 2 is 0.943 bits per heavy atom. The van der Waals surface area contributed by atoms with E-state index in [4.69, 9.17) is 4.98 Å². The number of hydrogen-bond acceptors (Lipinski definition) is 2. The highest BCUT2D eigenvalue weighted by molar-refractivity contribution is 8.01. The topological polar surface area (TPSA) is 12.9 Å². The van der Waals surface area contributed by atoms with Gasteiger partial charge in [0.05, 0.1) is 15.8 Å². The fourth-order valence-corrected chi connectivity index (χ4v) is 10.3. The third-order valence-electron chi connectivity index (χ3n) is 6.22. The summed E-state index contributed by atoms with van der Waals surface area (Å²) in [6.45, 7) is 0. The Morgan fingerprint density at radius 1 is 0.486 bits per heavy atom. The summed E-state index contributed by atoms with van der Waals surface area (Å²) in [4.78, 5) is 5.07. The van der Waals surface area contributed by atoms with Gasteiger partial charge in [0.15, 0.2) is 0 Å². The van der Waals surface area contributed by atoms with Gasteiger partial charge in [0.2, 0.25) is 0 Å². The normalized spacial score (nSPS) is 11.2. The highest BCUT2D eigenvalue weighted by atomic mass is 79.9. The second kappa shape index (κ2) is 10.3. The smallest absolute Gasteiger partial charge is 0.145 e. The summed E-state index contributed by atoms with van der Waals surface area (Å²) in [6, 6.07) is 50.4. The molecule has 0 unspecified atom stereocenters. The van der Waals surface area contributed by atoms with Crippen LogP contribution in [0, 0.1) is 0 Å². The predicted octanol–water partition coefficient (Wildman–Crippen LogP) is 3.59. The van der Waals surface area contributed by atoms with Crippen molar-refractivity contribution in [3.8, 4) is 10.6 Å². The molecule has 0 radical (unpaired) electrons. The van der Waals surface area contributed by atoms with E-state index in [0.29, 0.717) is 0 Å². The van der Waals surface area contributed by atoms with Gasteiger partial charge in [0.1, 0.15) is 33.5 Å². The molecular weight excluding hydrogens is 529 g/mol. The zero-order valence-electron chi connectivity index (χ0n) is 19.0. The molecule has 0 bridgehead atoms. The van der Waals surface area contributed by atoms with E-state index in [2.05, 4.69) is 140 Å². The number of rotatable bonds is 5. The van der Waals surface area contributed by atoms with Gasteiger partial charge in [-0.25, -0.2) is 4.98 Å². The average molecular weight is 552 g/mol. The molecule has 1 aromatic heterocycles. The van der Waals surface area contributed by atoms with Gasteiger partial charge in [-0.1, -0.05) is 78.9 Å². The van der Waals surface area contributed by atoms with Crippen molar-refractivity contribution in [2.24, 2.45) is 0 Å². The van der Waals surface area contributed by atoms with Crippen molar-refractivity contribution in [2.45, 2.75) is 0 Å². The van der Waals surface area contributed by atoms with Crippen LogP contribution in [0.2, 0.25) is 0 Å². The quantitative estimate of drug-likeness (QED) is 0.298. The van der Waals surface area contributed by atoms with Crippen LogP contribution in [0.5, 0.6) is 0 Å². The van der Waals surface area contributed by atoms with Crippen molar-refractivity contribution in [3.63, 3.8) is 0 Å². The minimum Gasteiger partial charge on any atom is -1.00 e. The van der Waals surface area contributed by atoms with Crippen molar-refractivity contribution < 1.29 is 17.0 Å². The number of aromatic nitrogens is 1. The summed E-state index contributed by atoms with van der Waals surface area (Å²) in [6.07, 6.45) is 0. The second-order valence-corrected chi connectivity index (χ2v) is 12.6. The molecule has 0 saturated carbocycles. The molecular formula is C31H23BrNPS. The van der Waals surface area contributed by atoms with E-state index in [1.807, 2.05) is 0 Å². The third kappa shape index (κ3) is 4.15. The van der Waals surface area contributed by atoms with Gasteiger partial charge in [-0.05, 0) is 60.7 Å². The Balaban J connectivity index is 0.00000253. The zero-order valence-corrected chi connectivity index (χ0v) is 22.3. The monoisotopic (exact) mass is 551 g/mol. The number of hydrogen-bond donors (Lipinski definition) is 0. The number of nitrogens with zero attached hydrogens (tertiary/aromatic N) is 1. The van der Waals surface area contributed by atoms with Crippen molar-refractivity contribution in [1.29, 1.82) is 0 Å². The lowest BCUT2D eigenvalue weighted by atomic mass is 10.2. The van der Waals surface area contributed by atoms with E-state index < -0.39 is 7.26 Å². The van der Waals surface area contributed by atoms with Crippen LogP contribution in [0.4, 0.5) is 0 Å². The van der Waals surface area contributed by atoms with Crippen molar-refractivity contribution in [3.05, 3.63) is 140 Å². The number of para-hydroxylation sites is 1. The lowest BCUT2D eigenvalue weighted by Crippen LogP contribution is -3.00. The van der Waals surface area contributed by atoms with E-state index in [0.717, 1.165) is 10.5 Å². The lowest BCUT2D eigenvalue weighted by Gasteiger charge is -2.28. The lowest BCUT2D eigenvalue weighted by molar-refractivity contribution is -0.00000635. The Kier molecular flexibility index (Phi) is 6.92. The molecule has 0 aliphatic rings. The first-order valence-electron chi connectivity index (χ1n) is 11.4. The molecule has 170 valence electrons. The Bertz CT molecular complexity index is 1420. The first kappa shape index (κ1) is 23.6. The molecule has 0 amide bonds. The van der Waals surface area contributed by atoms with Crippen LogP contribution in [0.1, 0.15) is 0 Å². The minimum absolute atomic E-state index is 0. The van der Waals surface area contributed by atoms with E-state index in [1.54, 1.807) is 11.3 Å². The molecule has 0 aliphatic carbocycles. The minimum atomic E-state index is -2.19. The highest BCUT2D eigenvalue weighted by Crippen LogP contribution is 2.56. The number of fused-ring (bicyclic) bond motifs is 1. The standard InChI is InChI=1S/C31H23NPS.BrH/c1-4-14-24(15-5-1)33(25-16-6-2-7-17-25,26-18-8-3-9-19-26)29-22-12-10-20-27(29)31-32-28-21-11-13-23-30(28)34-31;/h1-23H;1H/q+1;/p-1. The van der Waals surface area contributed by atoms with Crippen LogP contribution < -0.4 is 38.2 Å². The molecule has 6 aromatic rings. The molecule has 5 aromatic carbocycles. The van der Waals surface area contributed by atoms with Crippen LogP contribution in [0.25, 0.3) is 20.8 Å². The first-order chi connectivity index (χ1) is 16.9. The van der Waals surface area contributed by atoms with Gasteiger partial charge >= 0.3 is 0 Å². The van der Waals surface area contributed by atoms with Gasteiger partial charge in [-0.15, -0.1) is 11.3 Å². The summed E-state index contributed by atoms with van der Waals surface area (Å²) in [5, 5.41) is 6.46. The molecule has 4 heteroatoms. The summed E-state index contributed by atoms with van der Waals surface area (Å²) in [5.74, 6) is 0. The van der Waals surface area contributed by atoms with E-state index in [-0.39, 0.29) is 17.0 Å².